The summed E-state index contributed by atoms with van der Waals surface area (Å²) in [6.45, 7) is 2.70. The van der Waals surface area contributed by atoms with Gasteiger partial charge in [0.15, 0.2) is 0 Å². The Morgan fingerprint density at radius 2 is 2.17 bits per heavy atom. The van der Waals surface area contributed by atoms with Crippen LogP contribution in [0.25, 0.3) is 5.52 Å². The molecule has 0 bridgehead atoms. The Kier molecular flexibility index (Phi) is 7.66. The molecule has 2 atom stereocenters. The van der Waals surface area contributed by atoms with Crippen LogP contribution in [0.1, 0.15) is 26.8 Å². The van der Waals surface area contributed by atoms with E-state index in [-0.39, 0.29) is 34.7 Å². The molecular formula is C22H22F4N6OSSe. The topological polar surface area (TPSA) is 74.6 Å². The number of rotatable bonds is 5. The molecule has 4 heterocycles. The van der Waals surface area contributed by atoms with E-state index in [1.165, 1.54) is 22.0 Å². The van der Waals surface area contributed by atoms with Crippen molar-refractivity contribution in [3.8, 4) is 11.8 Å². The molecule has 1 aliphatic rings. The zero-order valence-electron chi connectivity index (χ0n) is 18.8. The summed E-state index contributed by atoms with van der Waals surface area (Å²) in [6, 6.07) is 4.34. The number of piperidine rings is 1. The van der Waals surface area contributed by atoms with Gasteiger partial charge in [-0.1, -0.05) is 0 Å². The fourth-order valence-electron chi connectivity index (χ4n) is 3.67. The summed E-state index contributed by atoms with van der Waals surface area (Å²) in [5, 5.41) is 6.38. The Balaban J connectivity index is 1.59. The monoisotopic (exact) mass is 574 g/mol. The average Bonchev–Trinajstić information content (AvgIpc) is 3.36. The second kappa shape index (κ2) is 10.5. The molecule has 1 aliphatic heterocycles. The molecule has 3 aromatic rings. The summed E-state index contributed by atoms with van der Waals surface area (Å²) in [5.74, 6) is 5.42. The van der Waals surface area contributed by atoms with Gasteiger partial charge in [-0.25, -0.2) is 0 Å². The van der Waals surface area contributed by atoms with Crippen LogP contribution >= 0.6 is 11.3 Å². The second-order valence-corrected chi connectivity index (χ2v) is 11.5. The normalized spacial score (nSPS) is 18.8. The first-order valence-corrected chi connectivity index (χ1v) is 13.2. The number of thiazole rings is 1. The van der Waals surface area contributed by atoms with Crippen LogP contribution < -0.4 is 15.1 Å². The number of hydrogen-bond acceptors (Lipinski definition) is 6. The van der Waals surface area contributed by atoms with Gasteiger partial charge in [0.25, 0.3) is 0 Å². The number of aryl methyl sites for hydroxylation is 1. The Bertz CT molecular complexity index is 1280. The fourth-order valence-corrected chi connectivity index (χ4v) is 5.79. The summed E-state index contributed by atoms with van der Waals surface area (Å²) in [5.41, 5.74) is 0.253. The van der Waals surface area contributed by atoms with Crippen LogP contribution in [-0.4, -0.2) is 84.3 Å². The Morgan fingerprint density at radius 3 is 2.86 bits per heavy atom. The van der Waals surface area contributed by atoms with E-state index in [1.807, 2.05) is 11.9 Å². The molecular weight excluding hydrogens is 551 g/mol. The van der Waals surface area contributed by atoms with Crippen molar-refractivity contribution in [2.24, 2.45) is 0 Å². The molecule has 186 valence electrons. The summed E-state index contributed by atoms with van der Waals surface area (Å²) < 4.78 is 56.0. The van der Waals surface area contributed by atoms with Gasteiger partial charge in [-0.2, -0.15) is 0 Å². The van der Waals surface area contributed by atoms with Gasteiger partial charge in [0.2, 0.25) is 0 Å². The molecule has 2 unspecified atom stereocenters. The van der Waals surface area contributed by atoms with Crippen LogP contribution in [0.4, 0.5) is 23.4 Å². The van der Waals surface area contributed by atoms with E-state index in [1.54, 1.807) is 25.1 Å². The minimum absolute atomic E-state index is 0.00858. The molecule has 3 aromatic heterocycles. The minimum atomic E-state index is -4.41. The number of halogens is 4. The number of carbonyl (C=O) groups is 1. The van der Waals surface area contributed by atoms with Gasteiger partial charge in [0.05, 0.1) is 0 Å². The molecule has 35 heavy (non-hydrogen) atoms. The number of hydrogen-bond donors (Lipinski definition) is 2. The van der Waals surface area contributed by atoms with E-state index >= 15 is 0 Å². The zero-order chi connectivity index (χ0) is 25.2. The molecule has 0 aliphatic carbocycles. The maximum absolute atomic E-state index is 14.5. The van der Waals surface area contributed by atoms with Crippen molar-refractivity contribution in [2.75, 3.05) is 32.0 Å². The van der Waals surface area contributed by atoms with Crippen LogP contribution in [0.15, 0.2) is 24.4 Å². The summed E-state index contributed by atoms with van der Waals surface area (Å²) in [4.78, 5) is 18.5. The third-order valence-electron chi connectivity index (χ3n) is 5.30. The van der Waals surface area contributed by atoms with Crippen molar-refractivity contribution in [3.63, 3.8) is 0 Å². The number of pyridine rings is 1. The number of nitrogens with zero attached hydrogens (tertiary/aromatic N) is 4. The number of fused-ring (bicyclic) bond motifs is 1. The number of alkyl halides is 4. The van der Waals surface area contributed by atoms with Gasteiger partial charge < -0.3 is 0 Å². The predicted octanol–water partition coefficient (Wildman–Crippen LogP) is 2.18. The van der Waals surface area contributed by atoms with Crippen molar-refractivity contribution in [1.29, 1.82) is 0 Å². The van der Waals surface area contributed by atoms with Crippen molar-refractivity contribution in [3.05, 3.63) is 40.0 Å². The van der Waals surface area contributed by atoms with Crippen molar-refractivity contribution in [2.45, 2.75) is 30.6 Å². The predicted molar refractivity (Wildman–Crippen MR) is 127 cm³/mol. The molecule has 4 rings (SSSR count). The number of likely N-dealkylation sites (tertiary alicyclic amines) is 1. The van der Waals surface area contributed by atoms with E-state index in [2.05, 4.69) is 32.6 Å². The van der Waals surface area contributed by atoms with E-state index in [0.29, 0.717) is 23.7 Å². The number of nitrogens with one attached hydrogen (secondary N) is 2. The number of anilines is 1. The third-order valence-corrected chi connectivity index (χ3v) is 7.97. The molecule has 1 saturated heterocycles. The van der Waals surface area contributed by atoms with E-state index in [0.717, 1.165) is 5.01 Å². The first kappa shape index (κ1) is 25.4. The standard InChI is InChI=1S/C22H22F4N6OSSe/c1-13-28-11-18(34-13)21(33)27-9-4-5-16-20(35-22(24,25)26)17-6-3-7-19(32(17)30-16)29-15-8-10-31(2)12-14(15)23/h3,6-7,11,14-15,29H,8-10,12H2,1-2H3,(H,27,33). The van der Waals surface area contributed by atoms with E-state index in [9.17, 15) is 22.4 Å². The molecule has 13 heteroatoms. The molecule has 0 spiro atoms. The Morgan fingerprint density at radius 1 is 1.37 bits per heavy atom. The molecule has 1 fully saturated rings. The molecule has 0 aromatic carbocycles. The van der Waals surface area contributed by atoms with Crippen molar-refractivity contribution >= 4 is 48.0 Å². The van der Waals surface area contributed by atoms with E-state index < -0.39 is 32.2 Å². The second-order valence-electron chi connectivity index (χ2n) is 7.98. The molecule has 2 N–H and O–H groups in total. The summed E-state index contributed by atoms with van der Waals surface area (Å²) in [7, 11) is 1.84. The van der Waals surface area contributed by atoms with E-state index in [4.69, 9.17) is 0 Å². The van der Waals surface area contributed by atoms with Crippen LogP contribution in [-0.2, 0) is 0 Å². The molecule has 0 radical (unpaired) electrons. The summed E-state index contributed by atoms with van der Waals surface area (Å²) >= 11 is -0.660. The number of amides is 1. The Labute approximate surface area is 209 Å². The van der Waals surface area contributed by atoms with Gasteiger partial charge in [0.1, 0.15) is 0 Å². The Hall–Kier alpha value is -2.65. The molecule has 0 saturated carbocycles. The maximum atomic E-state index is 14.5. The molecule has 7 nitrogen and oxygen atoms in total. The van der Waals surface area contributed by atoms with Crippen LogP contribution in [0.3, 0.4) is 0 Å². The van der Waals surface area contributed by atoms with Gasteiger partial charge >= 0.3 is 210 Å². The van der Waals surface area contributed by atoms with Crippen LogP contribution in [0.2, 0.25) is 0 Å². The fraction of sp³-hybridized carbons (Fsp3) is 0.409. The number of carbonyl (C=O) groups excluding carboxylic acids is 1. The first-order valence-electron chi connectivity index (χ1n) is 10.7. The first-order chi connectivity index (χ1) is 16.6. The average molecular weight is 573 g/mol. The third kappa shape index (κ3) is 6.32. The van der Waals surface area contributed by atoms with Crippen LogP contribution in [0.5, 0.6) is 0 Å². The number of aromatic nitrogens is 3. The van der Waals surface area contributed by atoms with Crippen molar-refractivity contribution < 1.29 is 22.4 Å². The van der Waals surface area contributed by atoms with Gasteiger partial charge in [-0.3, -0.25) is 0 Å². The van der Waals surface area contributed by atoms with Crippen LogP contribution in [0, 0.1) is 18.8 Å². The SMILES string of the molecule is Cc1ncc(C(=O)NCC#Cc2nn3c(NC4CCN(C)CC4F)cccc3c2[Se]C(F)(F)F)s1. The quantitative estimate of drug-likeness (QED) is 0.278. The van der Waals surface area contributed by atoms with Crippen molar-refractivity contribution in [1.82, 2.24) is 24.8 Å². The van der Waals surface area contributed by atoms with Gasteiger partial charge in [-0.15, -0.1) is 0 Å². The summed E-state index contributed by atoms with van der Waals surface area (Å²) in [6.07, 6.45) is 0.888. The van der Waals surface area contributed by atoms with Gasteiger partial charge in [-0.05, 0) is 0 Å². The van der Waals surface area contributed by atoms with Gasteiger partial charge in [0, 0.05) is 0 Å². The molecule has 1 amide bonds. The zero-order valence-corrected chi connectivity index (χ0v) is 21.3.